The van der Waals surface area contributed by atoms with Crippen molar-refractivity contribution >= 4 is 11.6 Å². The Morgan fingerprint density at radius 3 is 2.40 bits per heavy atom. The van der Waals surface area contributed by atoms with Crippen LogP contribution in [0.15, 0.2) is 48.5 Å². The molecule has 0 bridgehead atoms. The van der Waals surface area contributed by atoms with E-state index in [4.69, 9.17) is 0 Å². The minimum Gasteiger partial charge on any atom is -0.322 e. The lowest BCUT2D eigenvalue weighted by molar-refractivity contribution is 0.102. The first-order valence-corrected chi connectivity index (χ1v) is 6.67. The first-order valence-electron chi connectivity index (χ1n) is 6.67. The van der Waals surface area contributed by atoms with Gasteiger partial charge in [-0.3, -0.25) is 4.79 Å². The summed E-state index contributed by atoms with van der Waals surface area (Å²) in [6.45, 7) is 2.83. The van der Waals surface area contributed by atoms with Crippen LogP contribution in [0.2, 0.25) is 0 Å². The zero-order chi connectivity index (χ0) is 14.5. The highest BCUT2D eigenvalue weighted by atomic mass is 16.1. The smallest absolute Gasteiger partial charge is 0.255 e. The number of amides is 1. The van der Waals surface area contributed by atoms with Crippen LogP contribution >= 0.6 is 0 Å². The van der Waals surface area contributed by atoms with Gasteiger partial charge in [-0.15, -0.1) is 0 Å². The Bertz CT molecular complexity index is 591. The van der Waals surface area contributed by atoms with Gasteiger partial charge in [-0.1, -0.05) is 30.3 Å². The molecule has 0 radical (unpaired) electrons. The van der Waals surface area contributed by atoms with Crippen molar-refractivity contribution in [2.24, 2.45) is 0 Å². The van der Waals surface area contributed by atoms with Crippen molar-refractivity contribution < 1.29 is 4.79 Å². The fourth-order valence-corrected chi connectivity index (χ4v) is 2.16. The van der Waals surface area contributed by atoms with Crippen molar-refractivity contribution in [1.29, 1.82) is 0 Å². The van der Waals surface area contributed by atoms with Gasteiger partial charge in [0, 0.05) is 17.8 Å². The molecule has 0 atom stereocenters. The molecule has 0 aliphatic carbocycles. The van der Waals surface area contributed by atoms with Gasteiger partial charge in [-0.05, 0) is 50.3 Å². The van der Waals surface area contributed by atoms with Crippen LogP contribution in [-0.4, -0.2) is 24.9 Å². The van der Waals surface area contributed by atoms with E-state index in [1.165, 1.54) is 5.56 Å². The van der Waals surface area contributed by atoms with E-state index in [-0.39, 0.29) is 5.91 Å². The van der Waals surface area contributed by atoms with Crippen molar-refractivity contribution in [3.8, 4) is 0 Å². The predicted molar refractivity (Wildman–Crippen MR) is 83.0 cm³/mol. The van der Waals surface area contributed by atoms with Gasteiger partial charge in [0.1, 0.15) is 0 Å². The molecule has 0 saturated carbocycles. The molecule has 1 N–H and O–H groups in total. The molecule has 20 heavy (non-hydrogen) atoms. The third-order valence-electron chi connectivity index (χ3n) is 3.21. The molecule has 0 aliphatic heterocycles. The maximum Gasteiger partial charge on any atom is 0.255 e. The van der Waals surface area contributed by atoms with Gasteiger partial charge in [-0.25, -0.2) is 0 Å². The van der Waals surface area contributed by atoms with Crippen molar-refractivity contribution in [2.45, 2.75) is 13.5 Å². The van der Waals surface area contributed by atoms with Gasteiger partial charge in [0.15, 0.2) is 0 Å². The van der Waals surface area contributed by atoms with E-state index in [2.05, 4.69) is 16.3 Å². The fourth-order valence-electron chi connectivity index (χ4n) is 2.16. The Balaban J connectivity index is 2.22. The highest BCUT2D eigenvalue weighted by molar-refractivity contribution is 6.05. The topological polar surface area (TPSA) is 32.3 Å². The Kier molecular flexibility index (Phi) is 4.53. The minimum absolute atomic E-state index is 0.0608. The zero-order valence-electron chi connectivity index (χ0n) is 12.2. The number of para-hydroxylation sites is 1. The summed E-state index contributed by atoms with van der Waals surface area (Å²) < 4.78 is 0. The largest absolute Gasteiger partial charge is 0.322 e. The molecule has 2 rings (SSSR count). The van der Waals surface area contributed by atoms with Crippen LogP contribution in [-0.2, 0) is 6.54 Å². The van der Waals surface area contributed by atoms with E-state index in [1.807, 2.05) is 63.5 Å². The number of benzene rings is 2. The van der Waals surface area contributed by atoms with Crippen molar-refractivity contribution in [3.63, 3.8) is 0 Å². The van der Waals surface area contributed by atoms with E-state index in [1.54, 1.807) is 0 Å². The van der Waals surface area contributed by atoms with Gasteiger partial charge in [0.2, 0.25) is 0 Å². The molecular weight excluding hydrogens is 248 g/mol. The number of carbonyl (C=O) groups is 1. The maximum absolute atomic E-state index is 12.3. The molecule has 0 heterocycles. The second kappa shape index (κ2) is 6.35. The van der Waals surface area contributed by atoms with Gasteiger partial charge in [0.05, 0.1) is 0 Å². The highest BCUT2D eigenvalue weighted by Crippen LogP contribution is 2.17. The van der Waals surface area contributed by atoms with Crippen LogP contribution < -0.4 is 5.32 Å². The summed E-state index contributed by atoms with van der Waals surface area (Å²) in [4.78, 5) is 14.4. The molecule has 3 nitrogen and oxygen atoms in total. The standard InChI is InChI=1S/C17H20N2O/c1-13-14(12-19(2)3)8-7-11-16(13)17(20)18-15-9-5-4-6-10-15/h4-11H,12H2,1-3H3,(H,18,20). The molecule has 3 heteroatoms. The first kappa shape index (κ1) is 14.3. The number of anilines is 1. The Hall–Kier alpha value is -2.13. The summed E-state index contributed by atoms with van der Waals surface area (Å²) in [6, 6.07) is 15.4. The number of nitrogens with zero attached hydrogens (tertiary/aromatic N) is 1. The molecule has 104 valence electrons. The van der Waals surface area contributed by atoms with Crippen molar-refractivity contribution in [2.75, 3.05) is 19.4 Å². The summed E-state index contributed by atoms with van der Waals surface area (Å²) >= 11 is 0. The summed E-state index contributed by atoms with van der Waals surface area (Å²) in [5, 5.41) is 2.93. The monoisotopic (exact) mass is 268 g/mol. The highest BCUT2D eigenvalue weighted by Gasteiger charge is 2.12. The minimum atomic E-state index is -0.0608. The molecule has 0 aliphatic rings. The van der Waals surface area contributed by atoms with E-state index in [9.17, 15) is 4.79 Å². The maximum atomic E-state index is 12.3. The molecule has 1 amide bonds. The molecule has 2 aromatic carbocycles. The molecular formula is C17H20N2O. The van der Waals surface area contributed by atoms with Crippen molar-refractivity contribution in [1.82, 2.24) is 4.90 Å². The lowest BCUT2D eigenvalue weighted by Gasteiger charge is -2.15. The Labute approximate surface area is 120 Å². The van der Waals surface area contributed by atoms with E-state index < -0.39 is 0 Å². The molecule has 2 aromatic rings. The summed E-state index contributed by atoms with van der Waals surface area (Å²) in [5.74, 6) is -0.0608. The van der Waals surface area contributed by atoms with Gasteiger partial charge in [-0.2, -0.15) is 0 Å². The fraction of sp³-hybridized carbons (Fsp3) is 0.235. The third-order valence-corrected chi connectivity index (χ3v) is 3.21. The van der Waals surface area contributed by atoms with Gasteiger partial charge < -0.3 is 10.2 Å². The number of hydrogen-bond donors (Lipinski definition) is 1. The second-order valence-electron chi connectivity index (χ2n) is 5.15. The Morgan fingerprint density at radius 2 is 1.75 bits per heavy atom. The SMILES string of the molecule is Cc1c(CN(C)C)cccc1C(=O)Nc1ccccc1. The van der Waals surface area contributed by atoms with Crippen molar-refractivity contribution in [3.05, 3.63) is 65.2 Å². The van der Waals surface area contributed by atoms with Crippen LogP contribution in [0.4, 0.5) is 5.69 Å². The number of nitrogens with one attached hydrogen (secondary N) is 1. The van der Waals surface area contributed by atoms with E-state index in [0.29, 0.717) is 0 Å². The lowest BCUT2D eigenvalue weighted by atomic mass is 10.0. The average Bonchev–Trinajstić information content (AvgIpc) is 2.41. The Morgan fingerprint density at radius 1 is 1.05 bits per heavy atom. The van der Waals surface area contributed by atoms with Crippen LogP contribution in [0.5, 0.6) is 0 Å². The normalized spacial score (nSPS) is 10.6. The summed E-state index contributed by atoms with van der Waals surface area (Å²) in [6.07, 6.45) is 0. The summed E-state index contributed by atoms with van der Waals surface area (Å²) in [5.41, 5.74) is 3.76. The molecule has 0 aromatic heterocycles. The average molecular weight is 268 g/mol. The van der Waals surface area contributed by atoms with Crippen LogP contribution in [0, 0.1) is 6.92 Å². The van der Waals surface area contributed by atoms with Crippen LogP contribution in [0.25, 0.3) is 0 Å². The van der Waals surface area contributed by atoms with Gasteiger partial charge in [0.25, 0.3) is 5.91 Å². The lowest BCUT2D eigenvalue weighted by Crippen LogP contribution is -2.16. The predicted octanol–water partition coefficient (Wildman–Crippen LogP) is 3.31. The zero-order valence-corrected chi connectivity index (χ0v) is 12.2. The number of carbonyl (C=O) groups excluding carboxylic acids is 1. The van der Waals surface area contributed by atoms with Crippen LogP contribution in [0.1, 0.15) is 21.5 Å². The van der Waals surface area contributed by atoms with Crippen LogP contribution in [0.3, 0.4) is 0 Å². The number of rotatable bonds is 4. The third kappa shape index (κ3) is 3.45. The second-order valence-corrected chi connectivity index (χ2v) is 5.15. The van der Waals surface area contributed by atoms with E-state index in [0.717, 1.165) is 23.4 Å². The first-order chi connectivity index (χ1) is 9.58. The molecule has 0 fully saturated rings. The van der Waals surface area contributed by atoms with Gasteiger partial charge >= 0.3 is 0 Å². The quantitative estimate of drug-likeness (QED) is 0.922. The van der Waals surface area contributed by atoms with E-state index >= 15 is 0 Å². The molecule has 0 unspecified atom stereocenters. The molecule has 0 saturated heterocycles. The number of hydrogen-bond acceptors (Lipinski definition) is 2. The molecule has 0 spiro atoms. The summed E-state index contributed by atoms with van der Waals surface area (Å²) in [7, 11) is 4.05.